The van der Waals surface area contributed by atoms with Crippen LogP contribution in [0.25, 0.3) is 0 Å². The second-order valence-electron chi connectivity index (χ2n) is 23.1. The van der Waals surface area contributed by atoms with Crippen molar-refractivity contribution >= 4 is 21.7 Å². The van der Waals surface area contributed by atoms with Gasteiger partial charge in [0.2, 0.25) is 5.91 Å². The average molecular weight is 1060 g/mol. The number of sulfone groups is 1. The Labute approximate surface area is 433 Å². The van der Waals surface area contributed by atoms with Crippen LogP contribution in [0.4, 0.5) is 4.39 Å². The number of benzene rings is 1. The van der Waals surface area contributed by atoms with Crippen LogP contribution in [-0.4, -0.2) is 203 Å². The lowest BCUT2D eigenvalue weighted by molar-refractivity contribution is -0.302. The molecule has 2 unspecified atom stereocenters. The molecule has 21 atom stereocenters. The van der Waals surface area contributed by atoms with Crippen molar-refractivity contribution in [1.29, 1.82) is 0 Å². The Hall–Kier alpha value is -2.44. The van der Waals surface area contributed by atoms with Gasteiger partial charge >= 0.3 is 5.97 Å². The molecule has 4 saturated heterocycles. The van der Waals surface area contributed by atoms with E-state index in [2.05, 4.69) is 5.32 Å². The van der Waals surface area contributed by atoms with Gasteiger partial charge in [0.05, 0.1) is 59.1 Å². The van der Waals surface area contributed by atoms with Crippen LogP contribution in [0.3, 0.4) is 0 Å². The summed E-state index contributed by atoms with van der Waals surface area (Å²) in [6.45, 7) is 16.9. The zero-order valence-electron chi connectivity index (χ0n) is 45.5. The van der Waals surface area contributed by atoms with Gasteiger partial charge in [-0.15, -0.1) is 0 Å². The van der Waals surface area contributed by atoms with Gasteiger partial charge in [0, 0.05) is 51.0 Å². The van der Waals surface area contributed by atoms with Gasteiger partial charge in [-0.2, -0.15) is 0 Å². The molecule has 1 aromatic rings. The number of aliphatic hydroxyl groups excluding tert-OH is 4. The van der Waals surface area contributed by atoms with E-state index in [9.17, 15) is 53.0 Å². The number of likely N-dealkylation sites (N-methyl/N-ethyl adjacent to an activating group) is 2. The average Bonchev–Trinajstić information content (AvgIpc) is 3.70. The normalized spacial score (nSPS) is 42.3. The molecule has 4 aliphatic rings. The molecule has 4 aliphatic heterocycles. The zero-order chi connectivity index (χ0) is 54.7. The van der Waals surface area contributed by atoms with E-state index in [1.807, 2.05) is 32.7 Å². The van der Waals surface area contributed by atoms with Gasteiger partial charge in [-0.25, -0.2) is 12.8 Å². The fraction of sp³-hybridized carbons (Fsp3) is 0.849. The number of carbonyl (C=O) groups excluding carboxylic acids is 2. The van der Waals surface area contributed by atoms with Crippen molar-refractivity contribution in [1.82, 2.24) is 15.1 Å². The topological polar surface area (TPSA) is 254 Å². The third kappa shape index (κ3) is 14.4. The van der Waals surface area contributed by atoms with Gasteiger partial charge in [-0.1, -0.05) is 52.0 Å². The Morgan fingerprint density at radius 1 is 1.01 bits per heavy atom. The summed E-state index contributed by atoms with van der Waals surface area (Å²) in [5.41, 5.74) is -3.45. The van der Waals surface area contributed by atoms with Gasteiger partial charge in [-0.05, 0) is 110 Å². The first-order valence-electron chi connectivity index (χ1n) is 26.4. The predicted molar refractivity (Wildman–Crippen MR) is 272 cm³/mol. The molecule has 420 valence electrons. The fourth-order valence-electron chi connectivity index (χ4n) is 12.4. The van der Waals surface area contributed by atoms with E-state index in [0.29, 0.717) is 24.9 Å². The van der Waals surface area contributed by atoms with E-state index in [0.717, 1.165) is 5.56 Å². The molecule has 7 N–H and O–H groups in total. The Morgan fingerprint density at radius 2 is 1.66 bits per heavy atom. The summed E-state index contributed by atoms with van der Waals surface area (Å²) in [5, 5.41) is 73.7. The minimum absolute atomic E-state index is 0.0555. The quantitative estimate of drug-likeness (QED) is 0.132. The van der Waals surface area contributed by atoms with E-state index in [1.165, 1.54) is 14.0 Å². The molecule has 0 aromatic heterocycles. The van der Waals surface area contributed by atoms with E-state index in [4.69, 9.17) is 23.7 Å². The Morgan fingerprint density at radius 3 is 2.23 bits per heavy atom. The van der Waals surface area contributed by atoms with Crippen LogP contribution < -0.4 is 5.32 Å². The number of amides is 1. The molecule has 0 bridgehead atoms. The Kier molecular flexibility index (Phi) is 21.0. The number of nitrogens with one attached hydrogen (secondary N) is 1. The molecule has 0 aliphatic carbocycles. The molecule has 73 heavy (non-hydrogen) atoms. The number of methoxy groups -OCH3 is 1. The van der Waals surface area contributed by atoms with Gasteiger partial charge in [-0.3, -0.25) is 9.59 Å². The van der Waals surface area contributed by atoms with E-state index in [-0.39, 0.29) is 55.6 Å². The number of rotatable bonds is 14. The minimum atomic E-state index is -3.10. The monoisotopic (exact) mass is 1060 g/mol. The number of halogens is 1. The molecule has 0 radical (unpaired) electrons. The lowest BCUT2D eigenvalue weighted by Crippen LogP contribution is -2.62. The van der Waals surface area contributed by atoms with Crippen LogP contribution in [0.2, 0.25) is 0 Å². The fourth-order valence-corrected chi connectivity index (χ4v) is 14.2. The summed E-state index contributed by atoms with van der Waals surface area (Å²) in [5.74, 6) is -3.98. The van der Waals surface area contributed by atoms with Crippen LogP contribution in [0, 0.1) is 23.7 Å². The molecule has 5 rings (SSSR count). The number of alkyl halides is 1. The van der Waals surface area contributed by atoms with Gasteiger partial charge < -0.3 is 69.4 Å². The van der Waals surface area contributed by atoms with Crippen molar-refractivity contribution in [2.24, 2.45) is 23.7 Å². The maximum absolute atomic E-state index is 14.6. The van der Waals surface area contributed by atoms with Crippen LogP contribution in [-0.2, 0) is 43.1 Å². The Balaban J connectivity index is 1.40. The molecule has 20 heteroatoms. The molecular formula is C53H90FN3O15S. The van der Waals surface area contributed by atoms with E-state index < -0.39 is 142 Å². The first-order chi connectivity index (χ1) is 33.9. The maximum Gasteiger partial charge on any atom is 0.309 e. The van der Waals surface area contributed by atoms with Crippen molar-refractivity contribution in [3.63, 3.8) is 0 Å². The van der Waals surface area contributed by atoms with E-state index >= 15 is 0 Å². The molecular weight excluding hydrogens is 970 g/mol. The predicted octanol–water partition coefficient (Wildman–Crippen LogP) is 3.02. The standard InChI is InChI=1S/C53H90FN3O15S/c1-14-41-53(10,65)46(61)33(6)57(12)27-29(2)24-51(8,64)48(31(4)43(32(5)49(63)71-41)40-25-52(9,68-13)47(62)34(7)70-40)72-50-45(60)39(23-30(3)69-50)56(11)21-19-42(58)55-38(26-54)44(59)36-17-15-35(16-18-36)37-20-22-73(66,67)28-37/h15-18,29-34,37-41,43-48,50,59-62,64-65H,14,19-28H2,1-13H3,(H,55,58)/t29-,30-,31+,32-,33-,34+,37?,38-,39+,40?,41-,43+,44-,45-,46-,47+,48-,50+,51-,52-,53-/m1/s1. The third-order valence-electron chi connectivity index (χ3n) is 17.0. The highest BCUT2D eigenvalue weighted by Crippen LogP contribution is 2.45. The van der Waals surface area contributed by atoms with Crippen molar-refractivity contribution in [2.45, 2.75) is 210 Å². The van der Waals surface area contributed by atoms with Crippen molar-refractivity contribution in [2.75, 3.05) is 52.5 Å². The number of ether oxygens (including phenoxy) is 5. The van der Waals surface area contributed by atoms with Crippen LogP contribution in [0.5, 0.6) is 0 Å². The maximum atomic E-state index is 14.6. The van der Waals surface area contributed by atoms with Crippen LogP contribution in [0.15, 0.2) is 24.3 Å². The lowest BCUT2D eigenvalue weighted by atomic mass is 9.68. The number of cyclic esters (lactones) is 1. The summed E-state index contributed by atoms with van der Waals surface area (Å²) in [7, 11) is 1.94. The largest absolute Gasteiger partial charge is 0.459 e. The first kappa shape index (κ1) is 61.4. The lowest BCUT2D eigenvalue weighted by Gasteiger charge is -2.51. The molecule has 0 saturated carbocycles. The highest BCUT2D eigenvalue weighted by atomic mass is 32.2. The zero-order valence-corrected chi connectivity index (χ0v) is 46.3. The summed E-state index contributed by atoms with van der Waals surface area (Å²) in [6, 6.07) is 4.20. The van der Waals surface area contributed by atoms with Gasteiger partial charge in [0.1, 0.15) is 42.8 Å². The Bertz CT molecular complexity index is 2070. The minimum Gasteiger partial charge on any atom is -0.459 e. The molecule has 1 amide bonds. The van der Waals surface area contributed by atoms with Gasteiger partial charge in [0.25, 0.3) is 0 Å². The smallest absolute Gasteiger partial charge is 0.309 e. The summed E-state index contributed by atoms with van der Waals surface area (Å²) < 4.78 is 70.4. The molecule has 1 aromatic carbocycles. The van der Waals surface area contributed by atoms with Crippen LogP contribution >= 0.6 is 0 Å². The summed E-state index contributed by atoms with van der Waals surface area (Å²) in [6.07, 6.45) is -9.46. The number of aliphatic hydroxyl groups is 6. The van der Waals surface area contributed by atoms with Crippen molar-refractivity contribution in [3.8, 4) is 0 Å². The highest BCUT2D eigenvalue weighted by Gasteiger charge is 2.55. The molecule has 4 heterocycles. The second kappa shape index (κ2) is 24.9. The van der Waals surface area contributed by atoms with Crippen LogP contribution in [0.1, 0.15) is 131 Å². The third-order valence-corrected chi connectivity index (χ3v) is 18.8. The SMILES string of the molecule is CC[C@H]1OC(=O)[C@H](C)[C@@H](C2C[C@@](C)(OC)[C@@H](O)[C@H](C)O2)[C@H](C)[C@@H](O[C@@H]2O[C@H](C)C[C@H](N(C)CCC(=O)N[C@H](CF)[C@H](O)c3ccc(C4CCS(=O)(=O)C4)cc3)[C@H]2O)[C@](C)(O)C[C@@H](C)CN(C)[C@H](C)[C@@H](O)[C@]1(C)O. The van der Waals surface area contributed by atoms with Gasteiger partial charge in [0.15, 0.2) is 16.1 Å². The van der Waals surface area contributed by atoms with Crippen molar-refractivity contribution in [3.05, 3.63) is 35.4 Å². The number of hydrogen-bond acceptors (Lipinski definition) is 17. The van der Waals surface area contributed by atoms with E-state index in [1.54, 1.807) is 77.8 Å². The van der Waals surface area contributed by atoms with Crippen molar-refractivity contribution < 1.29 is 76.7 Å². The number of carbonyl (C=O) groups is 2. The number of esters is 1. The first-order valence-corrected chi connectivity index (χ1v) is 28.2. The molecule has 4 fully saturated rings. The highest BCUT2D eigenvalue weighted by molar-refractivity contribution is 7.91. The second-order valence-corrected chi connectivity index (χ2v) is 25.3. The number of nitrogens with zero attached hydrogens (tertiary/aromatic N) is 2. The molecule has 0 spiro atoms. The summed E-state index contributed by atoms with van der Waals surface area (Å²) >= 11 is 0. The summed E-state index contributed by atoms with van der Waals surface area (Å²) in [4.78, 5) is 31.7. The molecule has 18 nitrogen and oxygen atoms in total. The number of hydrogen-bond donors (Lipinski definition) is 7.